The smallest absolute Gasteiger partial charge is 0.148 e. The molecular weight excluding hydrogens is 170 g/mol. The first-order chi connectivity index (χ1) is 5.79. The van der Waals surface area contributed by atoms with Gasteiger partial charge >= 0.3 is 0 Å². The number of aryl methyl sites for hydroxylation is 1. The zero-order chi connectivity index (χ0) is 8.55. The summed E-state index contributed by atoms with van der Waals surface area (Å²) in [5.41, 5.74) is 8.40. The molecule has 2 N–H and O–H groups in total. The monoisotopic (exact) mass is 183 g/mol. The van der Waals surface area contributed by atoms with E-state index in [1.165, 1.54) is 22.8 Å². The van der Waals surface area contributed by atoms with Crippen molar-refractivity contribution in [3.05, 3.63) is 11.3 Å². The van der Waals surface area contributed by atoms with Crippen LogP contribution in [0, 0.1) is 0 Å². The minimum atomic E-state index is 0.731. The number of thioether (sulfide) groups is 1. The number of fused-ring (bicyclic) bond motifs is 1. The van der Waals surface area contributed by atoms with Gasteiger partial charge in [-0.15, -0.1) is 0 Å². The molecule has 2 heterocycles. The van der Waals surface area contributed by atoms with Crippen molar-refractivity contribution in [3.63, 3.8) is 0 Å². The summed E-state index contributed by atoms with van der Waals surface area (Å²) < 4.78 is 1.93. The van der Waals surface area contributed by atoms with Gasteiger partial charge in [0.05, 0.1) is 0 Å². The van der Waals surface area contributed by atoms with Crippen LogP contribution < -0.4 is 5.73 Å². The van der Waals surface area contributed by atoms with Crippen molar-refractivity contribution in [1.82, 2.24) is 9.78 Å². The second-order valence-corrected chi connectivity index (χ2v) is 4.27. The Morgan fingerprint density at radius 1 is 1.42 bits per heavy atom. The lowest BCUT2D eigenvalue weighted by Crippen LogP contribution is -2.00. The van der Waals surface area contributed by atoms with E-state index in [1.54, 1.807) is 0 Å². The molecular formula is C8H13N3S. The van der Waals surface area contributed by atoms with Crippen LogP contribution in [-0.2, 0) is 19.9 Å². The Balaban J connectivity index is 2.44. The molecule has 2 rings (SSSR count). The predicted molar refractivity (Wildman–Crippen MR) is 52.4 cm³/mol. The lowest BCUT2D eigenvalue weighted by molar-refractivity contribution is 0.720. The van der Waals surface area contributed by atoms with E-state index in [-0.39, 0.29) is 0 Å². The topological polar surface area (TPSA) is 43.8 Å². The number of anilines is 1. The lowest BCUT2D eigenvalue weighted by atomic mass is 10.1. The van der Waals surface area contributed by atoms with Crippen molar-refractivity contribution in [1.29, 1.82) is 0 Å². The van der Waals surface area contributed by atoms with Crippen molar-refractivity contribution in [3.8, 4) is 0 Å². The summed E-state index contributed by atoms with van der Waals surface area (Å²) in [6.07, 6.45) is 2.19. The normalized spacial score (nSPS) is 17.1. The zero-order valence-corrected chi connectivity index (χ0v) is 8.02. The summed E-state index contributed by atoms with van der Waals surface area (Å²) in [7, 11) is 1.98. The van der Waals surface area contributed by atoms with E-state index in [9.17, 15) is 0 Å². The molecule has 0 spiro atoms. The van der Waals surface area contributed by atoms with Crippen LogP contribution in [0.25, 0.3) is 0 Å². The molecule has 66 valence electrons. The molecule has 0 fully saturated rings. The van der Waals surface area contributed by atoms with Crippen molar-refractivity contribution >= 4 is 17.6 Å². The number of rotatable bonds is 0. The zero-order valence-electron chi connectivity index (χ0n) is 7.21. The Kier molecular flexibility index (Phi) is 2.00. The molecule has 1 aromatic rings. The van der Waals surface area contributed by atoms with Crippen LogP contribution in [0.1, 0.15) is 11.3 Å². The van der Waals surface area contributed by atoms with Crippen LogP contribution in [0.15, 0.2) is 0 Å². The highest BCUT2D eigenvalue weighted by Gasteiger charge is 2.15. The van der Waals surface area contributed by atoms with E-state index in [0.29, 0.717) is 0 Å². The maximum atomic E-state index is 5.79. The third-order valence-corrected chi connectivity index (χ3v) is 3.27. The molecule has 4 heteroatoms. The molecule has 0 saturated heterocycles. The molecule has 0 atom stereocenters. The first-order valence-corrected chi connectivity index (χ1v) is 5.32. The third-order valence-electron chi connectivity index (χ3n) is 2.29. The van der Waals surface area contributed by atoms with Gasteiger partial charge in [-0.1, -0.05) is 0 Å². The number of hydrogen-bond acceptors (Lipinski definition) is 3. The summed E-state index contributed by atoms with van der Waals surface area (Å²) in [5.74, 6) is 3.12. The molecule has 1 aliphatic rings. The van der Waals surface area contributed by atoms with Gasteiger partial charge in [0, 0.05) is 18.3 Å². The van der Waals surface area contributed by atoms with Gasteiger partial charge in [0.2, 0.25) is 0 Å². The van der Waals surface area contributed by atoms with Crippen LogP contribution in [0.3, 0.4) is 0 Å². The maximum absolute atomic E-state index is 5.79. The van der Waals surface area contributed by atoms with Crippen LogP contribution in [-0.4, -0.2) is 21.3 Å². The van der Waals surface area contributed by atoms with E-state index in [0.717, 1.165) is 18.7 Å². The molecule has 0 bridgehead atoms. The number of nitrogens with zero attached hydrogens (tertiary/aromatic N) is 2. The van der Waals surface area contributed by atoms with Gasteiger partial charge in [-0.25, -0.2) is 0 Å². The van der Waals surface area contributed by atoms with Crippen LogP contribution in [0.2, 0.25) is 0 Å². The molecule has 0 saturated carbocycles. The Bertz CT molecular complexity index is 266. The molecule has 3 nitrogen and oxygen atoms in total. The van der Waals surface area contributed by atoms with E-state index < -0.39 is 0 Å². The van der Waals surface area contributed by atoms with Gasteiger partial charge in [-0.05, 0) is 24.3 Å². The number of hydrogen-bond donors (Lipinski definition) is 1. The number of aromatic nitrogens is 2. The standard InChI is InChI=1S/C8H13N3S/c1-11-7-3-5-12-4-2-6(7)8(9)10-11/h2-5H2,1H3,(H2,9,10). The maximum Gasteiger partial charge on any atom is 0.148 e. The largest absolute Gasteiger partial charge is 0.382 e. The van der Waals surface area contributed by atoms with Crippen molar-refractivity contribution in [2.45, 2.75) is 12.8 Å². The second kappa shape index (κ2) is 3.01. The fraction of sp³-hybridized carbons (Fsp3) is 0.625. The molecule has 1 aliphatic heterocycles. The summed E-state index contributed by atoms with van der Waals surface area (Å²) in [5, 5.41) is 4.22. The van der Waals surface area contributed by atoms with Gasteiger partial charge in [-0.2, -0.15) is 16.9 Å². The highest BCUT2D eigenvalue weighted by atomic mass is 32.2. The van der Waals surface area contributed by atoms with Gasteiger partial charge in [0.1, 0.15) is 5.82 Å². The second-order valence-electron chi connectivity index (χ2n) is 3.05. The quantitative estimate of drug-likeness (QED) is 0.648. The Morgan fingerprint density at radius 2 is 2.17 bits per heavy atom. The highest BCUT2D eigenvalue weighted by molar-refractivity contribution is 7.99. The summed E-state index contributed by atoms with van der Waals surface area (Å²) in [4.78, 5) is 0. The van der Waals surface area contributed by atoms with E-state index in [1.807, 2.05) is 23.5 Å². The Morgan fingerprint density at radius 3 is 3.00 bits per heavy atom. The minimum Gasteiger partial charge on any atom is -0.382 e. The summed E-state index contributed by atoms with van der Waals surface area (Å²) >= 11 is 2.00. The van der Waals surface area contributed by atoms with Crippen molar-refractivity contribution in [2.75, 3.05) is 17.2 Å². The summed E-state index contributed by atoms with van der Waals surface area (Å²) in [6, 6.07) is 0. The number of nitrogens with two attached hydrogens (primary N) is 1. The van der Waals surface area contributed by atoms with E-state index in [2.05, 4.69) is 5.10 Å². The van der Waals surface area contributed by atoms with Gasteiger partial charge in [0.25, 0.3) is 0 Å². The van der Waals surface area contributed by atoms with Crippen LogP contribution in [0.4, 0.5) is 5.82 Å². The lowest BCUT2D eigenvalue weighted by Gasteiger charge is -1.98. The van der Waals surface area contributed by atoms with E-state index >= 15 is 0 Å². The molecule has 0 amide bonds. The highest BCUT2D eigenvalue weighted by Crippen LogP contribution is 2.23. The van der Waals surface area contributed by atoms with Gasteiger partial charge in [0.15, 0.2) is 0 Å². The Labute approximate surface area is 76.3 Å². The van der Waals surface area contributed by atoms with Crippen LogP contribution >= 0.6 is 11.8 Å². The predicted octanol–water partition coefficient (Wildman–Crippen LogP) is 0.834. The average molecular weight is 183 g/mol. The van der Waals surface area contributed by atoms with Crippen LogP contribution in [0.5, 0.6) is 0 Å². The molecule has 0 aromatic carbocycles. The first kappa shape index (κ1) is 7.98. The molecule has 1 aromatic heterocycles. The van der Waals surface area contributed by atoms with Gasteiger partial charge in [-0.3, -0.25) is 4.68 Å². The third kappa shape index (κ3) is 1.20. The van der Waals surface area contributed by atoms with Crippen molar-refractivity contribution in [2.24, 2.45) is 7.05 Å². The Hall–Kier alpha value is -0.640. The number of nitrogen functional groups attached to an aromatic ring is 1. The SMILES string of the molecule is Cn1nc(N)c2c1CCSCC2. The van der Waals surface area contributed by atoms with Gasteiger partial charge < -0.3 is 5.73 Å². The first-order valence-electron chi connectivity index (χ1n) is 4.17. The molecule has 0 radical (unpaired) electrons. The molecule has 0 unspecified atom stereocenters. The van der Waals surface area contributed by atoms with Crippen molar-refractivity contribution < 1.29 is 0 Å². The summed E-state index contributed by atoms with van der Waals surface area (Å²) in [6.45, 7) is 0. The van der Waals surface area contributed by atoms with E-state index in [4.69, 9.17) is 5.73 Å². The fourth-order valence-corrected chi connectivity index (χ4v) is 2.55. The fourth-order valence-electron chi connectivity index (χ4n) is 1.66. The molecule has 12 heavy (non-hydrogen) atoms. The average Bonchev–Trinajstić information content (AvgIpc) is 2.29. The minimum absolute atomic E-state index is 0.731. The molecule has 0 aliphatic carbocycles.